The number of phenols is 1. The first-order chi connectivity index (χ1) is 11.0. The van der Waals surface area contributed by atoms with Crippen LogP contribution in [0.2, 0.25) is 10.0 Å². The number of benzene rings is 2. The Kier molecular flexibility index (Phi) is 6.27. The molecule has 0 heterocycles. The minimum absolute atomic E-state index is 0.127. The summed E-state index contributed by atoms with van der Waals surface area (Å²) in [5.41, 5.74) is 1.61. The Labute approximate surface area is 153 Å². The van der Waals surface area contributed by atoms with E-state index in [1.807, 2.05) is 19.1 Å². The third-order valence-electron chi connectivity index (χ3n) is 3.10. The summed E-state index contributed by atoms with van der Waals surface area (Å²) >= 11 is 15.3. The van der Waals surface area contributed by atoms with Crippen LogP contribution < -0.4 is 14.8 Å². The predicted octanol–water partition coefficient (Wildman–Crippen LogP) is 5.48. The van der Waals surface area contributed by atoms with Gasteiger partial charge in [0.2, 0.25) is 0 Å². The van der Waals surface area contributed by atoms with E-state index in [1.165, 1.54) is 0 Å². The second-order valence-corrected chi connectivity index (χ2v) is 6.40. The van der Waals surface area contributed by atoms with Gasteiger partial charge in [-0.05, 0) is 31.2 Å². The number of nitrogens with one attached hydrogen (secondary N) is 1. The molecule has 0 spiro atoms. The van der Waals surface area contributed by atoms with E-state index in [9.17, 15) is 5.11 Å². The maximum atomic E-state index is 9.60. The van der Waals surface area contributed by atoms with Gasteiger partial charge < -0.3 is 19.9 Å². The quantitative estimate of drug-likeness (QED) is 0.607. The second-order valence-electron chi connectivity index (χ2n) is 4.67. The lowest BCUT2D eigenvalue weighted by molar-refractivity contribution is 0.308. The molecule has 2 N–H and O–H groups in total. The van der Waals surface area contributed by atoms with E-state index in [1.54, 1.807) is 19.2 Å². The number of anilines is 1. The summed E-state index contributed by atoms with van der Waals surface area (Å²) in [5, 5.41) is 13.2. The molecule has 4 nitrogen and oxygen atoms in total. The van der Waals surface area contributed by atoms with Crippen LogP contribution >= 0.6 is 39.1 Å². The fourth-order valence-corrected chi connectivity index (χ4v) is 3.05. The van der Waals surface area contributed by atoms with E-state index in [-0.39, 0.29) is 15.8 Å². The van der Waals surface area contributed by atoms with E-state index in [4.69, 9.17) is 32.7 Å². The molecule has 23 heavy (non-hydrogen) atoms. The van der Waals surface area contributed by atoms with Crippen molar-refractivity contribution < 1.29 is 14.6 Å². The summed E-state index contributed by atoms with van der Waals surface area (Å²) < 4.78 is 11.9. The first-order valence-electron chi connectivity index (χ1n) is 6.87. The molecule has 0 unspecified atom stereocenters. The van der Waals surface area contributed by atoms with Crippen molar-refractivity contribution in [3.8, 4) is 17.2 Å². The van der Waals surface area contributed by atoms with Crippen LogP contribution in [0.3, 0.4) is 0 Å². The summed E-state index contributed by atoms with van der Waals surface area (Å²) in [5.74, 6) is 1.21. The zero-order valence-corrected chi connectivity index (χ0v) is 15.7. The van der Waals surface area contributed by atoms with Crippen molar-refractivity contribution in [1.29, 1.82) is 0 Å². The van der Waals surface area contributed by atoms with Crippen molar-refractivity contribution in [2.75, 3.05) is 19.0 Å². The highest BCUT2D eigenvalue weighted by Crippen LogP contribution is 2.37. The van der Waals surface area contributed by atoms with Gasteiger partial charge in [0, 0.05) is 22.3 Å². The first-order valence-corrected chi connectivity index (χ1v) is 8.42. The summed E-state index contributed by atoms with van der Waals surface area (Å²) in [4.78, 5) is 0. The van der Waals surface area contributed by atoms with Gasteiger partial charge in [0.05, 0.1) is 23.8 Å². The van der Waals surface area contributed by atoms with Crippen molar-refractivity contribution in [2.45, 2.75) is 13.5 Å². The van der Waals surface area contributed by atoms with Gasteiger partial charge >= 0.3 is 0 Å². The monoisotopic (exact) mass is 419 g/mol. The largest absolute Gasteiger partial charge is 0.505 e. The molecule has 0 saturated carbocycles. The smallest absolute Gasteiger partial charge is 0.166 e. The summed E-state index contributed by atoms with van der Waals surface area (Å²) in [6, 6.07) is 7.02. The molecule has 0 amide bonds. The maximum absolute atomic E-state index is 9.60. The van der Waals surface area contributed by atoms with Crippen LogP contribution in [0.5, 0.6) is 17.2 Å². The van der Waals surface area contributed by atoms with Crippen LogP contribution in [0.1, 0.15) is 12.5 Å². The summed E-state index contributed by atoms with van der Waals surface area (Å²) in [7, 11) is 1.60. The van der Waals surface area contributed by atoms with Gasteiger partial charge in [-0.1, -0.05) is 39.1 Å². The average molecular weight is 421 g/mol. The lowest BCUT2D eigenvalue weighted by Crippen LogP contribution is -2.05. The molecule has 0 saturated heterocycles. The van der Waals surface area contributed by atoms with Gasteiger partial charge in [-0.3, -0.25) is 0 Å². The molecule has 0 atom stereocenters. The highest BCUT2D eigenvalue weighted by atomic mass is 79.9. The van der Waals surface area contributed by atoms with Crippen LogP contribution in [-0.2, 0) is 6.54 Å². The number of halogens is 3. The zero-order valence-electron chi connectivity index (χ0n) is 12.6. The number of methoxy groups -OCH3 is 1. The average Bonchev–Trinajstić information content (AvgIpc) is 2.52. The Balaban J connectivity index is 2.28. The minimum atomic E-state index is -0.127. The minimum Gasteiger partial charge on any atom is -0.505 e. The topological polar surface area (TPSA) is 50.7 Å². The molecule has 0 radical (unpaired) electrons. The van der Waals surface area contributed by atoms with Crippen molar-refractivity contribution in [1.82, 2.24) is 0 Å². The van der Waals surface area contributed by atoms with E-state index >= 15 is 0 Å². The second kappa shape index (κ2) is 7.99. The highest BCUT2D eigenvalue weighted by molar-refractivity contribution is 9.10. The standard InChI is InChI=1S/C16H16BrCl2NO3/c1-3-23-16-9(4-10(17)5-14(16)22-2)8-20-11-6-12(18)15(21)13(19)7-11/h4-7,20-21H,3,8H2,1-2H3. The van der Waals surface area contributed by atoms with Crippen LogP contribution in [0.4, 0.5) is 5.69 Å². The molecule has 0 aromatic heterocycles. The van der Waals surface area contributed by atoms with Crippen LogP contribution in [0.15, 0.2) is 28.7 Å². The molecule has 0 bridgehead atoms. The Hall–Kier alpha value is -1.30. The van der Waals surface area contributed by atoms with Gasteiger partial charge in [-0.15, -0.1) is 0 Å². The van der Waals surface area contributed by atoms with Crippen LogP contribution in [-0.4, -0.2) is 18.8 Å². The molecule has 2 aromatic rings. The molecule has 2 rings (SSSR count). The van der Waals surface area contributed by atoms with E-state index in [2.05, 4.69) is 21.2 Å². The SMILES string of the molecule is CCOc1c(CNc2cc(Cl)c(O)c(Cl)c2)cc(Br)cc1OC. The molecule has 0 aliphatic rings. The Bertz CT molecular complexity index is 687. The van der Waals surface area contributed by atoms with Crippen molar-refractivity contribution >= 4 is 44.8 Å². The Morgan fingerprint density at radius 3 is 2.39 bits per heavy atom. The molecular weight excluding hydrogens is 405 g/mol. The number of hydrogen-bond acceptors (Lipinski definition) is 4. The van der Waals surface area contributed by atoms with Gasteiger partial charge in [0.25, 0.3) is 0 Å². The van der Waals surface area contributed by atoms with E-state index in [0.29, 0.717) is 30.3 Å². The molecular formula is C16H16BrCl2NO3. The lowest BCUT2D eigenvalue weighted by Gasteiger charge is -2.16. The number of ether oxygens (including phenoxy) is 2. The Morgan fingerprint density at radius 2 is 1.83 bits per heavy atom. The van der Waals surface area contributed by atoms with Crippen LogP contribution in [0.25, 0.3) is 0 Å². The maximum Gasteiger partial charge on any atom is 0.166 e. The number of aromatic hydroxyl groups is 1. The van der Waals surface area contributed by atoms with Gasteiger partial charge in [0.1, 0.15) is 0 Å². The number of rotatable bonds is 6. The fourth-order valence-electron chi connectivity index (χ4n) is 2.08. The zero-order chi connectivity index (χ0) is 17.0. The number of phenolic OH excluding ortho intramolecular Hbond substituents is 1. The molecule has 2 aromatic carbocycles. The van der Waals surface area contributed by atoms with Crippen LogP contribution in [0, 0.1) is 0 Å². The van der Waals surface area contributed by atoms with E-state index < -0.39 is 0 Å². The van der Waals surface area contributed by atoms with Crippen molar-refractivity contribution in [3.05, 3.63) is 44.3 Å². The summed E-state index contributed by atoms with van der Waals surface area (Å²) in [6.45, 7) is 2.92. The van der Waals surface area contributed by atoms with Crippen molar-refractivity contribution in [3.63, 3.8) is 0 Å². The third-order valence-corrected chi connectivity index (χ3v) is 4.14. The van der Waals surface area contributed by atoms with Gasteiger partial charge in [-0.2, -0.15) is 0 Å². The Morgan fingerprint density at radius 1 is 1.17 bits per heavy atom. The molecule has 0 aliphatic carbocycles. The molecule has 0 aliphatic heterocycles. The first kappa shape index (κ1) is 18.0. The van der Waals surface area contributed by atoms with Gasteiger partial charge in [0.15, 0.2) is 17.2 Å². The highest BCUT2D eigenvalue weighted by Gasteiger charge is 2.13. The van der Waals surface area contributed by atoms with Crippen molar-refractivity contribution in [2.24, 2.45) is 0 Å². The van der Waals surface area contributed by atoms with E-state index in [0.717, 1.165) is 10.0 Å². The number of hydrogen-bond donors (Lipinski definition) is 2. The molecule has 124 valence electrons. The summed E-state index contributed by atoms with van der Waals surface area (Å²) in [6.07, 6.45) is 0. The fraction of sp³-hybridized carbons (Fsp3) is 0.250. The predicted molar refractivity (Wildman–Crippen MR) is 97.3 cm³/mol. The molecule has 0 fully saturated rings. The molecule has 7 heteroatoms. The third kappa shape index (κ3) is 4.37. The lowest BCUT2D eigenvalue weighted by atomic mass is 10.1. The van der Waals surface area contributed by atoms with Gasteiger partial charge in [-0.25, -0.2) is 0 Å². The normalized spacial score (nSPS) is 10.5.